The van der Waals surface area contributed by atoms with Crippen LogP contribution in [0.1, 0.15) is 5.56 Å². The van der Waals surface area contributed by atoms with Gasteiger partial charge in [-0.15, -0.1) is 0 Å². The van der Waals surface area contributed by atoms with Crippen LogP contribution in [0.2, 0.25) is 5.02 Å². The molecule has 0 atom stereocenters. The zero-order chi connectivity index (χ0) is 14.7. The van der Waals surface area contributed by atoms with Crippen molar-refractivity contribution in [3.8, 4) is 0 Å². The van der Waals surface area contributed by atoms with Gasteiger partial charge in [-0.25, -0.2) is 0 Å². The smallest absolute Gasteiger partial charge is 0.283 e. The average Bonchev–Trinajstić information content (AvgIpc) is 2.38. The van der Waals surface area contributed by atoms with Gasteiger partial charge in [0.2, 0.25) is 0 Å². The molecule has 0 aromatic heterocycles. The van der Waals surface area contributed by atoms with E-state index in [4.69, 9.17) is 22.7 Å². The normalized spacial score (nSPS) is 10.2. The summed E-state index contributed by atoms with van der Waals surface area (Å²) in [4.78, 5) is 11.6. The minimum Gasteiger partial charge on any atom is -0.384 e. The van der Waals surface area contributed by atoms with Gasteiger partial charge >= 0.3 is 0 Å². The molecule has 2 rings (SSSR count). The fourth-order valence-electron chi connectivity index (χ4n) is 1.66. The number of halogens is 1. The first-order chi connectivity index (χ1) is 9.50. The van der Waals surface area contributed by atoms with E-state index in [0.29, 0.717) is 20.4 Å². The average molecular weight is 308 g/mol. The Morgan fingerprint density at radius 3 is 2.50 bits per heavy atom. The lowest BCUT2D eigenvalue weighted by molar-refractivity contribution is -0.387. The number of nitrogens with zero attached hydrogens (tertiary/aromatic N) is 1. The number of benzene rings is 2. The van der Waals surface area contributed by atoms with E-state index in [0.717, 1.165) is 11.8 Å². The van der Waals surface area contributed by atoms with Crippen LogP contribution in [0, 0.1) is 15.5 Å². The van der Waals surface area contributed by atoms with Crippen molar-refractivity contribution in [1.82, 2.24) is 0 Å². The van der Waals surface area contributed by atoms with Gasteiger partial charge in [-0.1, -0.05) is 41.6 Å². The highest BCUT2D eigenvalue weighted by Crippen LogP contribution is 2.37. The van der Waals surface area contributed by atoms with Gasteiger partial charge in [-0.05, 0) is 18.2 Å². The zero-order valence-corrected chi connectivity index (χ0v) is 11.7. The summed E-state index contributed by atoms with van der Waals surface area (Å²) in [6, 6.07) is 11.5. The summed E-state index contributed by atoms with van der Waals surface area (Å²) >= 11 is 7.19. The molecule has 102 valence electrons. The van der Waals surface area contributed by atoms with Crippen molar-refractivity contribution >= 4 is 34.9 Å². The minimum atomic E-state index is -0.444. The summed E-state index contributed by atoms with van der Waals surface area (Å²) in [7, 11) is 0. The lowest BCUT2D eigenvalue weighted by atomic mass is 10.2. The Morgan fingerprint density at radius 1 is 1.20 bits per heavy atom. The maximum Gasteiger partial charge on any atom is 0.283 e. The second kappa shape index (κ2) is 5.94. The van der Waals surface area contributed by atoms with Gasteiger partial charge in [0, 0.05) is 16.5 Å². The van der Waals surface area contributed by atoms with Crippen molar-refractivity contribution in [2.75, 3.05) is 0 Å². The van der Waals surface area contributed by atoms with Crippen LogP contribution in [-0.2, 0) is 0 Å². The Labute approximate surface area is 124 Å². The predicted octanol–water partition coefficient (Wildman–Crippen LogP) is 3.68. The maximum atomic E-state index is 11.0. The monoisotopic (exact) mass is 307 g/mol. The molecule has 2 aromatic carbocycles. The third-order valence-corrected chi connectivity index (χ3v) is 3.97. The molecule has 0 aliphatic heterocycles. The highest BCUT2D eigenvalue weighted by Gasteiger charge is 2.17. The maximum absolute atomic E-state index is 11.0. The van der Waals surface area contributed by atoms with Crippen molar-refractivity contribution in [3.63, 3.8) is 0 Å². The van der Waals surface area contributed by atoms with E-state index >= 15 is 0 Å². The highest BCUT2D eigenvalue weighted by molar-refractivity contribution is 7.99. The zero-order valence-electron chi connectivity index (χ0n) is 10.2. The molecule has 0 amide bonds. The van der Waals surface area contributed by atoms with Crippen LogP contribution in [-0.4, -0.2) is 10.8 Å². The number of amidine groups is 1. The number of hydrogen-bond donors (Lipinski definition) is 2. The van der Waals surface area contributed by atoms with Crippen LogP contribution >= 0.6 is 23.4 Å². The van der Waals surface area contributed by atoms with E-state index in [2.05, 4.69) is 0 Å². The van der Waals surface area contributed by atoms with Crippen LogP contribution in [0.4, 0.5) is 5.69 Å². The summed E-state index contributed by atoms with van der Waals surface area (Å²) in [5.74, 6) is -0.170. The third kappa shape index (κ3) is 2.92. The number of rotatable bonds is 4. The fraction of sp³-hybridized carbons (Fsp3) is 0. The molecule has 0 bridgehead atoms. The number of hydrogen-bond acceptors (Lipinski definition) is 4. The molecule has 2 aromatic rings. The molecule has 0 spiro atoms. The summed E-state index contributed by atoms with van der Waals surface area (Å²) in [5, 5.41) is 18.9. The topological polar surface area (TPSA) is 93.0 Å². The van der Waals surface area contributed by atoms with Gasteiger partial charge in [-0.3, -0.25) is 15.5 Å². The molecule has 3 N–H and O–H groups in total. The van der Waals surface area contributed by atoms with E-state index < -0.39 is 4.92 Å². The predicted molar refractivity (Wildman–Crippen MR) is 79.7 cm³/mol. The van der Waals surface area contributed by atoms with Crippen LogP contribution in [0.25, 0.3) is 0 Å². The Morgan fingerprint density at radius 2 is 1.85 bits per heavy atom. The number of nitro groups is 1. The van der Waals surface area contributed by atoms with Crippen LogP contribution in [0.3, 0.4) is 0 Å². The van der Waals surface area contributed by atoms with Crippen molar-refractivity contribution in [3.05, 3.63) is 63.2 Å². The largest absolute Gasteiger partial charge is 0.384 e. The molecule has 0 saturated heterocycles. The van der Waals surface area contributed by atoms with Crippen LogP contribution < -0.4 is 5.73 Å². The molecule has 0 unspecified atom stereocenters. The standard InChI is InChI=1S/C13H10ClN3O2S/c14-8-4-3-7-11(12(8)13(15)16)20-10-6-2-1-5-9(10)17(18)19/h1-7H,(H3,15,16). The first kappa shape index (κ1) is 14.4. The molecule has 0 aliphatic rings. The molecule has 20 heavy (non-hydrogen) atoms. The number of nitro benzene ring substituents is 1. The van der Waals surface area contributed by atoms with E-state index in [1.807, 2.05) is 0 Å². The molecule has 0 heterocycles. The van der Waals surface area contributed by atoms with Crippen molar-refractivity contribution in [1.29, 1.82) is 5.41 Å². The first-order valence-corrected chi connectivity index (χ1v) is 6.74. The molecular weight excluding hydrogens is 298 g/mol. The molecule has 0 aliphatic carbocycles. The first-order valence-electron chi connectivity index (χ1n) is 5.55. The number of nitrogens with one attached hydrogen (secondary N) is 1. The quantitative estimate of drug-likeness (QED) is 0.390. The summed E-state index contributed by atoms with van der Waals surface area (Å²) in [6.07, 6.45) is 0. The molecule has 5 nitrogen and oxygen atoms in total. The number of nitrogens with two attached hydrogens (primary N) is 1. The van der Waals surface area contributed by atoms with Crippen molar-refractivity contribution < 1.29 is 4.92 Å². The van der Waals surface area contributed by atoms with Crippen molar-refractivity contribution in [2.45, 2.75) is 9.79 Å². The van der Waals surface area contributed by atoms with Gasteiger partial charge in [-0.2, -0.15) is 0 Å². The van der Waals surface area contributed by atoms with E-state index in [1.165, 1.54) is 6.07 Å². The summed E-state index contributed by atoms with van der Waals surface area (Å²) in [5.41, 5.74) is 5.91. The third-order valence-electron chi connectivity index (χ3n) is 2.53. The van der Waals surface area contributed by atoms with Gasteiger partial charge in [0.1, 0.15) is 5.84 Å². The molecular formula is C13H10ClN3O2S. The van der Waals surface area contributed by atoms with Gasteiger partial charge in [0.05, 0.1) is 14.8 Å². The van der Waals surface area contributed by atoms with Gasteiger partial charge < -0.3 is 5.73 Å². The number of para-hydroxylation sites is 1. The SMILES string of the molecule is N=C(N)c1c(Cl)cccc1Sc1ccccc1[N+](=O)[O-]. The van der Waals surface area contributed by atoms with Crippen LogP contribution in [0.15, 0.2) is 52.3 Å². The Kier molecular flexibility index (Phi) is 4.26. The summed E-state index contributed by atoms with van der Waals surface area (Å²) in [6.45, 7) is 0. The lowest BCUT2D eigenvalue weighted by Gasteiger charge is -2.09. The fourth-order valence-corrected chi connectivity index (χ4v) is 3.10. The van der Waals surface area contributed by atoms with E-state index in [1.54, 1.807) is 36.4 Å². The molecule has 7 heteroatoms. The second-order valence-corrected chi connectivity index (χ2v) is 5.34. The lowest BCUT2D eigenvalue weighted by Crippen LogP contribution is -2.13. The van der Waals surface area contributed by atoms with E-state index in [-0.39, 0.29) is 11.5 Å². The second-order valence-electron chi connectivity index (χ2n) is 3.85. The Hall–Kier alpha value is -2.05. The molecule has 0 fully saturated rings. The van der Waals surface area contributed by atoms with Gasteiger partial charge in [0.15, 0.2) is 0 Å². The van der Waals surface area contributed by atoms with E-state index in [9.17, 15) is 10.1 Å². The number of nitrogen functional groups attached to an aromatic ring is 1. The molecule has 0 saturated carbocycles. The van der Waals surface area contributed by atoms with Crippen LogP contribution in [0.5, 0.6) is 0 Å². The van der Waals surface area contributed by atoms with Crippen molar-refractivity contribution in [2.24, 2.45) is 5.73 Å². The summed E-state index contributed by atoms with van der Waals surface area (Å²) < 4.78 is 0. The molecule has 0 radical (unpaired) electrons. The Balaban J connectivity index is 2.49. The minimum absolute atomic E-state index is 0.00646. The van der Waals surface area contributed by atoms with Gasteiger partial charge in [0.25, 0.3) is 5.69 Å². The highest BCUT2D eigenvalue weighted by atomic mass is 35.5. The Bertz CT molecular complexity index is 691.